The molecule has 7 nitrogen and oxygen atoms in total. The number of benzene rings is 1. The van der Waals surface area contributed by atoms with E-state index in [4.69, 9.17) is 4.74 Å². The predicted molar refractivity (Wildman–Crippen MR) is 80.9 cm³/mol. The van der Waals surface area contributed by atoms with Crippen molar-refractivity contribution in [2.45, 2.75) is 6.92 Å². The lowest BCUT2D eigenvalue weighted by Crippen LogP contribution is -2.15. The Labute approximate surface area is 126 Å². The molecule has 0 saturated heterocycles. The number of nitrogens with zero attached hydrogens (tertiary/aromatic N) is 1. The number of carbonyl (C=O) groups is 2. The first-order valence-electron chi connectivity index (χ1n) is 6.59. The Morgan fingerprint density at radius 3 is 2.55 bits per heavy atom. The molecule has 22 heavy (non-hydrogen) atoms. The van der Waals surface area contributed by atoms with Crippen molar-refractivity contribution in [3.05, 3.63) is 48.2 Å². The molecular formula is C15H15N3O4. The summed E-state index contributed by atoms with van der Waals surface area (Å²) < 4.78 is 4.75. The second-order valence-electron chi connectivity index (χ2n) is 4.25. The van der Waals surface area contributed by atoms with Gasteiger partial charge in [0.25, 0.3) is 5.91 Å². The molecule has 0 radical (unpaired) electrons. The van der Waals surface area contributed by atoms with E-state index in [2.05, 4.69) is 15.6 Å². The van der Waals surface area contributed by atoms with E-state index in [-0.39, 0.29) is 18.2 Å². The predicted octanol–water partition coefficient (Wildman–Crippen LogP) is 2.61. The SMILES string of the molecule is CCOC(=O)Nc1ccc(C(=O)Nc2ncccc2O)cc1. The Morgan fingerprint density at radius 1 is 1.18 bits per heavy atom. The van der Waals surface area contributed by atoms with Crippen LogP contribution in [0, 0.1) is 0 Å². The van der Waals surface area contributed by atoms with Gasteiger partial charge in [-0.25, -0.2) is 9.78 Å². The quantitative estimate of drug-likeness (QED) is 0.806. The number of aromatic nitrogens is 1. The van der Waals surface area contributed by atoms with Crippen molar-refractivity contribution >= 4 is 23.5 Å². The average Bonchev–Trinajstić information content (AvgIpc) is 2.50. The van der Waals surface area contributed by atoms with Crippen molar-refractivity contribution in [3.63, 3.8) is 0 Å². The highest BCUT2D eigenvalue weighted by Crippen LogP contribution is 2.19. The van der Waals surface area contributed by atoms with Crippen LogP contribution in [0.25, 0.3) is 0 Å². The molecule has 0 unspecified atom stereocenters. The third-order valence-corrected chi connectivity index (χ3v) is 2.69. The van der Waals surface area contributed by atoms with E-state index in [9.17, 15) is 14.7 Å². The zero-order chi connectivity index (χ0) is 15.9. The van der Waals surface area contributed by atoms with Crippen LogP contribution in [-0.2, 0) is 4.74 Å². The molecule has 7 heteroatoms. The molecule has 0 atom stereocenters. The Balaban J connectivity index is 2.02. The minimum Gasteiger partial charge on any atom is -0.504 e. The summed E-state index contributed by atoms with van der Waals surface area (Å²) in [6.45, 7) is 1.99. The van der Waals surface area contributed by atoms with E-state index >= 15 is 0 Å². The lowest BCUT2D eigenvalue weighted by Gasteiger charge is -2.07. The van der Waals surface area contributed by atoms with Gasteiger partial charge in [-0.15, -0.1) is 0 Å². The number of rotatable bonds is 4. The maximum Gasteiger partial charge on any atom is 0.411 e. The normalized spacial score (nSPS) is 9.86. The van der Waals surface area contributed by atoms with Crippen LogP contribution in [0.2, 0.25) is 0 Å². The van der Waals surface area contributed by atoms with Crippen molar-refractivity contribution < 1.29 is 19.4 Å². The Bertz CT molecular complexity index is 671. The molecule has 0 saturated carbocycles. The molecule has 1 heterocycles. The first-order chi connectivity index (χ1) is 10.6. The first-order valence-corrected chi connectivity index (χ1v) is 6.59. The summed E-state index contributed by atoms with van der Waals surface area (Å²) in [7, 11) is 0. The molecule has 0 aliphatic carbocycles. The number of amides is 2. The summed E-state index contributed by atoms with van der Waals surface area (Å²) in [5.41, 5.74) is 0.871. The van der Waals surface area contributed by atoms with Gasteiger partial charge in [-0.1, -0.05) is 0 Å². The average molecular weight is 301 g/mol. The van der Waals surface area contributed by atoms with Crippen molar-refractivity contribution in [1.29, 1.82) is 0 Å². The molecule has 114 valence electrons. The lowest BCUT2D eigenvalue weighted by atomic mass is 10.2. The van der Waals surface area contributed by atoms with E-state index in [0.717, 1.165) is 0 Å². The second-order valence-corrected chi connectivity index (χ2v) is 4.25. The number of hydrogen-bond donors (Lipinski definition) is 3. The Morgan fingerprint density at radius 2 is 1.91 bits per heavy atom. The van der Waals surface area contributed by atoms with Crippen LogP contribution in [0.4, 0.5) is 16.3 Å². The summed E-state index contributed by atoms with van der Waals surface area (Å²) in [6.07, 6.45) is 0.903. The molecule has 0 fully saturated rings. The summed E-state index contributed by atoms with van der Waals surface area (Å²) in [4.78, 5) is 27.2. The fourth-order valence-electron chi connectivity index (χ4n) is 1.66. The van der Waals surface area contributed by atoms with Gasteiger partial charge >= 0.3 is 6.09 Å². The Kier molecular flexibility index (Phi) is 4.92. The number of carbonyl (C=O) groups excluding carboxylic acids is 2. The smallest absolute Gasteiger partial charge is 0.411 e. The van der Waals surface area contributed by atoms with E-state index in [0.29, 0.717) is 11.3 Å². The highest BCUT2D eigenvalue weighted by molar-refractivity contribution is 6.04. The zero-order valence-electron chi connectivity index (χ0n) is 11.9. The van der Waals surface area contributed by atoms with Gasteiger partial charge in [0.15, 0.2) is 11.6 Å². The second kappa shape index (κ2) is 7.07. The third-order valence-electron chi connectivity index (χ3n) is 2.69. The van der Waals surface area contributed by atoms with E-state index in [1.807, 2.05) is 0 Å². The molecule has 0 aliphatic heterocycles. The fourth-order valence-corrected chi connectivity index (χ4v) is 1.66. The monoisotopic (exact) mass is 301 g/mol. The topological polar surface area (TPSA) is 101 Å². The summed E-state index contributed by atoms with van der Waals surface area (Å²) in [5.74, 6) is -0.450. The molecule has 0 bridgehead atoms. The number of ether oxygens (including phenoxy) is 1. The Hall–Kier alpha value is -3.09. The molecule has 1 aromatic carbocycles. The number of pyridine rings is 1. The highest BCUT2D eigenvalue weighted by Gasteiger charge is 2.10. The number of nitrogens with one attached hydrogen (secondary N) is 2. The minimum atomic E-state index is -0.557. The van der Waals surface area contributed by atoms with Gasteiger partial charge in [-0.3, -0.25) is 10.1 Å². The van der Waals surface area contributed by atoms with Gasteiger partial charge < -0.3 is 15.2 Å². The van der Waals surface area contributed by atoms with Crippen LogP contribution in [0.3, 0.4) is 0 Å². The van der Waals surface area contributed by atoms with Crippen LogP contribution < -0.4 is 10.6 Å². The summed E-state index contributed by atoms with van der Waals surface area (Å²) in [6, 6.07) is 9.21. The van der Waals surface area contributed by atoms with Gasteiger partial charge in [0, 0.05) is 17.4 Å². The van der Waals surface area contributed by atoms with Crippen LogP contribution in [0.15, 0.2) is 42.6 Å². The van der Waals surface area contributed by atoms with Gasteiger partial charge in [0.2, 0.25) is 0 Å². The van der Waals surface area contributed by atoms with Crippen molar-refractivity contribution in [2.24, 2.45) is 0 Å². The van der Waals surface area contributed by atoms with Crippen molar-refractivity contribution in [1.82, 2.24) is 4.98 Å². The van der Waals surface area contributed by atoms with Gasteiger partial charge in [0.05, 0.1) is 6.61 Å². The molecular weight excluding hydrogens is 286 g/mol. The van der Waals surface area contributed by atoms with Crippen LogP contribution in [0.1, 0.15) is 17.3 Å². The molecule has 2 rings (SSSR count). The fraction of sp³-hybridized carbons (Fsp3) is 0.133. The summed E-state index contributed by atoms with van der Waals surface area (Å²) >= 11 is 0. The molecule has 1 aromatic heterocycles. The molecule has 2 amide bonds. The molecule has 0 aliphatic rings. The van der Waals surface area contributed by atoms with Crippen LogP contribution >= 0.6 is 0 Å². The van der Waals surface area contributed by atoms with Crippen molar-refractivity contribution in [3.8, 4) is 5.75 Å². The van der Waals surface area contributed by atoms with Crippen LogP contribution in [0.5, 0.6) is 5.75 Å². The van der Waals surface area contributed by atoms with E-state index in [1.54, 1.807) is 25.1 Å². The molecule has 0 spiro atoms. The first kappa shape index (κ1) is 15.3. The zero-order valence-corrected chi connectivity index (χ0v) is 11.9. The number of anilines is 2. The van der Waals surface area contributed by atoms with Crippen LogP contribution in [-0.4, -0.2) is 28.7 Å². The van der Waals surface area contributed by atoms with Gasteiger partial charge in [0.1, 0.15) is 0 Å². The largest absolute Gasteiger partial charge is 0.504 e. The molecule has 2 aromatic rings. The lowest BCUT2D eigenvalue weighted by molar-refractivity contribution is 0.102. The minimum absolute atomic E-state index is 0.0845. The molecule has 3 N–H and O–H groups in total. The maximum absolute atomic E-state index is 12.0. The maximum atomic E-state index is 12.0. The van der Waals surface area contributed by atoms with Gasteiger partial charge in [-0.05, 0) is 43.3 Å². The highest BCUT2D eigenvalue weighted by atomic mass is 16.5. The van der Waals surface area contributed by atoms with E-state index in [1.165, 1.54) is 24.4 Å². The van der Waals surface area contributed by atoms with Gasteiger partial charge in [-0.2, -0.15) is 0 Å². The van der Waals surface area contributed by atoms with E-state index < -0.39 is 12.0 Å². The third kappa shape index (κ3) is 3.95. The number of hydrogen-bond acceptors (Lipinski definition) is 5. The standard InChI is InChI=1S/C15H15N3O4/c1-2-22-15(21)17-11-7-5-10(6-8-11)14(20)18-13-12(19)4-3-9-16-13/h3-9,19H,2H2,1H3,(H,17,21)(H,16,18,20). The number of aromatic hydroxyl groups is 1. The van der Waals surface area contributed by atoms with Crippen molar-refractivity contribution in [2.75, 3.05) is 17.2 Å². The summed E-state index contributed by atoms with van der Waals surface area (Å²) in [5, 5.41) is 14.6.